The van der Waals surface area contributed by atoms with Crippen molar-refractivity contribution < 1.29 is 22.8 Å². The van der Waals surface area contributed by atoms with Crippen molar-refractivity contribution in [3.63, 3.8) is 0 Å². The number of aromatic nitrogens is 1. The van der Waals surface area contributed by atoms with E-state index in [-0.39, 0.29) is 12.1 Å². The van der Waals surface area contributed by atoms with Crippen LogP contribution in [0.15, 0.2) is 70.6 Å². The number of piperidine rings is 1. The Balaban J connectivity index is 1.47. The molecule has 36 heavy (non-hydrogen) atoms. The highest BCUT2D eigenvalue weighted by Crippen LogP contribution is 2.46. The number of pyridine rings is 1. The maximum Gasteiger partial charge on any atom is 0.409 e. The summed E-state index contributed by atoms with van der Waals surface area (Å²) in [5.41, 5.74) is 4.12. The van der Waals surface area contributed by atoms with E-state index in [9.17, 15) is 22.8 Å². The number of halogens is 3. The summed E-state index contributed by atoms with van der Waals surface area (Å²) in [4.78, 5) is 32.4. The van der Waals surface area contributed by atoms with Crippen molar-refractivity contribution in [2.75, 3.05) is 0 Å². The van der Waals surface area contributed by atoms with Gasteiger partial charge in [0, 0.05) is 27.6 Å². The number of amides is 2. The molecule has 2 aliphatic heterocycles. The molecule has 2 aromatic carbocycles. The van der Waals surface area contributed by atoms with Crippen LogP contribution < -0.4 is 10.6 Å². The zero-order valence-corrected chi connectivity index (χ0v) is 20.4. The van der Waals surface area contributed by atoms with Crippen LogP contribution >= 0.6 is 11.8 Å². The first-order chi connectivity index (χ1) is 17.1. The van der Waals surface area contributed by atoms with Crippen LogP contribution in [0.1, 0.15) is 46.3 Å². The lowest BCUT2D eigenvalue weighted by atomic mass is 9.80. The molecule has 0 bridgehead atoms. The number of hydrogen-bond acceptors (Lipinski definition) is 4. The van der Waals surface area contributed by atoms with E-state index in [1.807, 2.05) is 50.2 Å². The lowest BCUT2D eigenvalue weighted by Gasteiger charge is -2.37. The van der Waals surface area contributed by atoms with Gasteiger partial charge in [-0.2, -0.15) is 13.2 Å². The average molecular weight is 512 g/mol. The minimum atomic E-state index is -4.67. The predicted octanol–water partition coefficient (Wildman–Crippen LogP) is 5.22. The van der Waals surface area contributed by atoms with Gasteiger partial charge in [-0.05, 0) is 66.8 Å². The Labute approximate surface area is 210 Å². The molecule has 5 rings (SSSR count). The van der Waals surface area contributed by atoms with E-state index in [4.69, 9.17) is 0 Å². The van der Waals surface area contributed by atoms with Gasteiger partial charge >= 0.3 is 6.18 Å². The van der Waals surface area contributed by atoms with E-state index in [1.54, 1.807) is 23.9 Å². The first kappa shape index (κ1) is 24.4. The number of carbonyl (C=O) groups excluding carboxylic acids is 2. The van der Waals surface area contributed by atoms with Gasteiger partial charge in [-0.25, -0.2) is 0 Å². The minimum absolute atomic E-state index is 0.188. The summed E-state index contributed by atoms with van der Waals surface area (Å²) in [6.45, 7) is 3.97. The fourth-order valence-corrected chi connectivity index (χ4v) is 6.23. The van der Waals surface area contributed by atoms with Crippen LogP contribution in [-0.2, 0) is 9.59 Å². The van der Waals surface area contributed by atoms with Crippen molar-refractivity contribution in [3.05, 3.63) is 88.7 Å². The van der Waals surface area contributed by atoms with Crippen molar-refractivity contribution in [2.24, 2.45) is 5.92 Å². The molecule has 1 fully saturated rings. The highest BCUT2D eigenvalue weighted by atomic mass is 32.2. The normalized spacial score (nSPS) is 21.8. The number of benzene rings is 2. The molecule has 1 aromatic heterocycles. The highest BCUT2D eigenvalue weighted by molar-refractivity contribution is 7.99. The standard InChI is InChI=1S/C27H24F3N3O2S/c1-14-6-8-16-21(11-14)36-22-12-15(2)7-9-17(22)23(16)32-25(34)19-13-18(20-5-3-4-10-31-20)24(27(28,29)30)33-26(19)35/h3-12,18-19,23-24H,13H2,1-2H3,(H,32,34)(H,33,35). The van der Waals surface area contributed by atoms with Crippen LogP contribution in [0.4, 0.5) is 13.2 Å². The SMILES string of the molecule is Cc1ccc2c(c1)Sc1cc(C)ccc1C2NC(=O)C1CC(c2ccccn2)C(C(F)(F)F)NC1=O. The quantitative estimate of drug-likeness (QED) is 0.473. The number of nitrogens with zero attached hydrogens (tertiary/aromatic N) is 1. The molecule has 9 heteroatoms. The minimum Gasteiger partial charge on any atom is -0.344 e. The van der Waals surface area contributed by atoms with Crippen molar-refractivity contribution in [1.82, 2.24) is 15.6 Å². The van der Waals surface area contributed by atoms with Crippen molar-refractivity contribution in [3.8, 4) is 0 Å². The smallest absolute Gasteiger partial charge is 0.344 e. The number of carbonyl (C=O) groups is 2. The maximum atomic E-state index is 13.8. The third kappa shape index (κ3) is 4.59. The number of rotatable bonds is 3. The number of fused-ring (bicyclic) bond motifs is 2. The predicted molar refractivity (Wildman–Crippen MR) is 130 cm³/mol. The maximum absolute atomic E-state index is 13.8. The van der Waals surface area contributed by atoms with Gasteiger partial charge in [0.2, 0.25) is 11.8 Å². The molecule has 3 unspecified atom stereocenters. The summed E-state index contributed by atoms with van der Waals surface area (Å²) in [7, 11) is 0. The van der Waals surface area contributed by atoms with Crippen molar-refractivity contribution in [1.29, 1.82) is 0 Å². The molecule has 0 radical (unpaired) electrons. The van der Waals surface area contributed by atoms with Crippen LogP contribution in [-0.4, -0.2) is 29.0 Å². The van der Waals surface area contributed by atoms with E-state index in [0.717, 1.165) is 32.0 Å². The van der Waals surface area contributed by atoms with E-state index in [0.29, 0.717) is 0 Å². The molecule has 3 atom stereocenters. The van der Waals surface area contributed by atoms with Crippen LogP contribution in [0, 0.1) is 19.8 Å². The molecule has 2 amide bonds. The molecule has 1 saturated heterocycles. The Morgan fingerprint density at radius 1 is 1.03 bits per heavy atom. The molecular formula is C27H24F3N3O2S. The summed E-state index contributed by atoms with van der Waals surface area (Å²) in [6, 6.07) is 14.0. The van der Waals surface area contributed by atoms with Gasteiger partial charge < -0.3 is 10.6 Å². The molecule has 2 N–H and O–H groups in total. The monoisotopic (exact) mass is 511 g/mol. The van der Waals surface area contributed by atoms with Crippen LogP contribution in [0.25, 0.3) is 0 Å². The van der Waals surface area contributed by atoms with Gasteiger partial charge in [0.05, 0.1) is 6.04 Å². The van der Waals surface area contributed by atoms with E-state index >= 15 is 0 Å². The third-order valence-corrected chi connectivity index (χ3v) is 7.86. The molecular weight excluding hydrogens is 487 g/mol. The topological polar surface area (TPSA) is 71.1 Å². The Bertz CT molecular complexity index is 1280. The summed E-state index contributed by atoms with van der Waals surface area (Å²) >= 11 is 1.61. The molecule has 3 aromatic rings. The van der Waals surface area contributed by atoms with Gasteiger partial charge in [0.15, 0.2) is 0 Å². The fourth-order valence-electron chi connectivity index (χ4n) is 4.90. The molecule has 5 nitrogen and oxygen atoms in total. The van der Waals surface area contributed by atoms with Gasteiger partial charge in [-0.3, -0.25) is 14.6 Å². The summed E-state index contributed by atoms with van der Waals surface area (Å²) in [5, 5.41) is 5.04. The Morgan fingerprint density at radius 3 is 2.22 bits per heavy atom. The highest BCUT2D eigenvalue weighted by Gasteiger charge is 2.52. The van der Waals surface area contributed by atoms with Gasteiger partial charge in [-0.15, -0.1) is 0 Å². The zero-order valence-electron chi connectivity index (χ0n) is 19.6. The summed E-state index contributed by atoms with van der Waals surface area (Å²) in [5.74, 6) is -4.00. The van der Waals surface area contributed by atoms with Gasteiger partial charge in [0.1, 0.15) is 12.0 Å². The second-order valence-corrected chi connectivity index (χ2v) is 10.4. The Morgan fingerprint density at radius 2 is 1.67 bits per heavy atom. The Kier molecular flexibility index (Phi) is 6.28. The number of aryl methyl sites for hydroxylation is 2. The Hall–Kier alpha value is -3.33. The van der Waals surface area contributed by atoms with Gasteiger partial charge in [0.25, 0.3) is 0 Å². The number of nitrogens with one attached hydrogen (secondary N) is 2. The second-order valence-electron chi connectivity index (χ2n) is 9.30. The fraction of sp³-hybridized carbons (Fsp3) is 0.296. The third-order valence-electron chi connectivity index (χ3n) is 6.71. The van der Waals surface area contributed by atoms with Crippen molar-refractivity contribution in [2.45, 2.75) is 54.2 Å². The lowest BCUT2D eigenvalue weighted by molar-refractivity contribution is -0.175. The van der Waals surface area contributed by atoms with Crippen LogP contribution in [0.5, 0.6) is 0 Å². The van der Waals surface area contributed by atoms with Crippen molar-refractivity contribution >= 4 is 23.6 Å². The van der Waals surface area contributed by atoms with Gasteiger partial charge in [-0.1, -0.05) is 42.1 Å². The second kappa shape index (κ2) is 9.28. The largest absolute Gasteiger partial charge is 0.409 e. The van der Waals surface area contributed by atoms with E-state index in [1.165, 1.54) is 12.3 Å². The summed E-state index contributed by atoms with van der Waals surface area (Å²) in [6.07, 6.45) is -3.55. The molecule has 0 saturated carbocycles. The molecule has 3 heterocycles. The molecule has 0 aliphatic carbocycles. The zero-order chi connectivity index (χ0) is 25.6. The van der Waals surface area contributed by atoms with Crippen LogP contribution in [0.2, 0.25) is 0 Å². The van der Waals surface area contributed by atoms with E-state index in [2.05, 4.69) is 15.6 Å². The molecule has 186 valence electrons. The van der Waals surface area contributed by atoms with E-state index < -0.39 is 41.9 Å². The van der Waals surface area contributed by atoms with Crippen LogP contribution in [0.3, 0.4) is 0 Å². The number of alkyl halides is 3. The lowest BCUT2D eigenvalue weighted by Crippen LogP contribution is -2.58. The number of hydrogen-bond donors (Lipinski definition) is 2. The molecule has 2 aliphatic rings. The first-order valence-corrected chi connectivity index (χ1v) is 12.4. The molecule has 0 spiro atoms. The first-order valence-electron chi connectivity index (χ1n) is 11.6. The summed E-state index contributed by atoms with van der Waals surface area (Å²) < 4.78 is 41.4. The average Bonchev–Trinajstić information content (AvgIpc) is 2.83.